The Labute approximate surface area is 132 Å². The third-order valence-corrected chi connectivity index (χ3v) is 3.64. The van der Waals surface area contributed by atoms with E-state index in [2.05, 4.69) is 5.32 Å². The van der Waals surface area contributed by atoms with Crippen LogP contribution in [0.2, 0.25) is 0 Å². The molecule has 3 nitrogen and oxygen atoms in total. The van der Waals surface area contributed by atoms with E-state index in [1.165, 1.54) is 0 Å². The van der Waals surface area contributed by atoms with Crippen molar-refractivity contribution in [3.8, 4) is 0 Å². The largest absolute Gasteiger partial charge is 0.396 e. The van der Waals surface area contributed by atoms with Gasteiger partial charge >= 0.3 is 0 Å². The van der Waals surface area contributed by atoms with Crippen LogP contribution >= 0.6 is 0 Å². The number of aliphatic hydroxyl groups excluding tert-OH is 1. The van der Waals surface area contributed by atoms with Crippen LogP contribution in [0.1, 0.15) is 35.6 Å². The lowest BCUT2D eigenvalue weighted by Gasteiger charge is -2.19. The molecule has 0 saturated heterocycles. The van der Waals surface area contributed by atoms with E-state index in [0.717, 1.165) is 23.1 Å². The maximum atomic E-state index is 12.3. The van der Waals surface area contributed by atoms with Crippen molar-refractivity contribution in [2.24, 2.45) is 0 Å². The summed E-state index contributed by atoms with van der Waals surface area (Å²) < 4.78 is 0. The van der Waals surface area contributed by atoms with Gasteiger partial charge in [0.2, 0.25) is 5.91 Å². The Bertz CT molecular complexity index is 595. The van der Waals surface area contributed by atoms with Crippen LogP contribution in [0.15, 0.2) is 54.6 Å². The van der Waals surface area contributed by atoms with Crippen LogP contribution in [0.4, 0.5) is 0 Å². The van der Waals surface area contributed by atoms with E-state index in [1.807, 2.05) is 61.5 Å². The van der Waals surface area contributed by atoms with Gasteiger partial charge in [0.25, 0.3) is 0 Å². The van der Waals surface area contributed by atoms with Crippen molar-refractivity contribution in [1.82, 2.24) is 5.32 Å². The van der Waals surface area contributed by atoms with Gasteiger partial charge < -0.3 is 10.4 Å². The monoisotopic (exact) mass is 297 g/mol. The van der Waals surface area contributed by atoms with Gasteiger partial charge in [0, 0.05) is 6.61 Å². The number of aliphatic hydroxyl groups is 1. The van der Waals surface area contributed by atoms with Crippen molar-refractivity contribution >= 4 is 5.91 Å². The molecule has 0 heterocycles. The molecule has 2 aromatic rings. The third kappa shape index (κ3) is 5.01. The smallest absolute Gasteiger partial charge is 0.224 e. The molecular formula is C19H23NO2. The van der Waals surface area contributed by atoms with E-state index in [0.29, 0.717) is 12.8 Å². The fraction of sp³-hybridized carbons (Fsp3) is 0.316. The van der Waals surface area contributed by atoms with E-state index in [1.54, 1.807) is 0 Å². The molecule has 3 heteroatoms. The standard InChI is InChI=1S/C19H23NO2/c1-15-7-5-8-16(13-15)14-19(22)20-18(11-6-12-21)17-9-3-2-4-10-17/h2-5,7-10,13,18,21H,6,11-12,14H2,1H3,(H,20,22). The zero-order valence-corrected chi connectivity index (χ0v) is 13.0. The lowest BCUT2D eigenvalue weighted by molar-refractivity contribution is -0.121. The quantitative estimate of drug-likeness (QED) is 0.824. The van der Waals surface area contributed by atoms with Gasteiger partial charge in [-0.05, 0) is 30.9 Å². The van der Waals surface area contributed by atoms with Crippen molar-refractivity contribution in [2.45, 2.75) is 32.2 Å². The number of aryl methyl sites for hydroxylation is 1. The van der Waals surface area contributed by atoms with Gasteiger partial charge in [-0.25, -0.2) is 0 Å². The Morgan fingerprint density at radius 2 is 1.91 bits per heavy atom. The predicted octanol–water partition coefficient (Wildman–Crippen LogP) is 3.17. The highest BCUT2D eigenvalue weighted by Crippen LogP contribution is 2.18. The highest BCUT2D eigenvalue weighted by Gasteiger charge is 2.14. The normalized spacial score (nSPS) is 11.9. The van der Waals surface area contributed by atoms with E-state index in [4.69, 9.17) is 5.11 Å². The van der Waals surface area contributed by atoms with Crippen LogP contribution in [-0.2, 0) is 11.2 Å². The first kappa shape index (κ1) is 16.2. The van der Waals surface area contributed by atoms with Crippen LogP contribution in [-0.4, -0.2) is 17.6 Å². The molecule has 1 atom stereocenters. The molecular weight excluding hydrogens is 274 g/mol. The Hall–Kier alpha value is -2.13. The average Bonchev–Trinajstić information content (AvgIpc) is 2.52. The summed E-state index contributed by atoms with van der Waals surface area (Å²) in [6.07, 6.45) is 1.79. The second kappa shape index (κ2) is 8.35. The molecule has 2 aromatic carbocycles. The number of rotatable bonds is 7. The van der Waals surface area contributed by atoms with Gasteiger partial charge in [0.1, 0.15) is 0 Å². The molecule has 0 aliphatic carbocycles. The highest BCUT2D eigenvalue weighted by molar-refractivity contribution is 5.79. The van der Waals surface area contributed by atoms with Gasteiger partial charge in [0.15, 0.2) is 0 Å². The Balaban J connectivity index is 2.01. The first-order chi connectivity index (χ1) is 10.7. The minimum Gasteiger partial charge on any atom is -0.396 e. The molecule has 0 aliphatic rings. The van der Waals surface area contributed by atoms with Crippen molar-refractivity contribution < 1.29 is 9.90 Å². The number of nitrogens with one attached hydrogen (secondary N) is 1. The molecule has 1 amide bonds. The van der Waals surface area contributed by atoms with Crippen LogP contribution < -0.4 is 5.32 Å². The zero-order chi connectivity index (χ0) is 15.8. The SMILES string of the molecule is Cc1cccc(CC(=O)NC(CCCO)c2ccccc2)c1. The number of amides is 1. The van der Waals surface area contributed by atoms with Crippen molar-refractivity contribution in [3.05, 3.63) is 71.3 Å². The molecule has 0 aromatic heterocycles. The first-order valence-corrected chi connectivity index (χ1v) is 7.70. The summed E-state index contributed by atoms with van der Waals surface area (Å²) in [6, 6.07) is 17.9. The second-order valence-corrected chi connectivity index (χ2v) is 5.56. The number of hydrogen-bond acceptors (Lipinski definition) is 2. The molecule has 0 bridgehead atoms. The molecule has 0 radical (unpaired) electrons. The maximum absolute atomic E-state index is 12.3. The van der Waals surface area contributed by atoms with Gasteiger partial charge in [-0.2, -0.15) is 0 Å². The molecule has 0 fully saturated rings. The Morgan fingerprint density at radius 1 is 1.14 bits per heavy atom. The van der Waals surface area contributed by atoms with E-state index < -0.39 is 0 Å². The van der Waals surface area contributed by atoms with E-state index >= 15 is 0 Å². The summed E-state index contributed by atoms with van der Waals surface area (Å²) in [4.78, 5) is 12.3. The van der Waals surface area contributed by atoms with Crippen molar-refractivity contribution in [3.63, 3.8) is 0 Å². The minimum atomic E-state index is -0.0503. The number of benzene rings is 2. The van der Waals surface area contributed by atoms with Gasteiger partial charge in [-0.1, -0.05) is 60.2 Å². The fourth-order valence-electron chi connectivity index (χ4n) is 2.56. The van der Waals surface area contributed by atoms with Crippen molar-refractivity contribution in [1.29, 1.82) is 0 Å². The second-order valence-electron chi connectivity index (χ2n) is 5.56. The molecule has 1 unspecified atom stereocenters. The topological polar surface area (TPSA) is 49.3 Å². The van der Waals surface area contributed by atoms with E-state index in [9.17, 15) is 4.79 Å². The first-order valence-electron chi connectivity index (χ1n) is 7.70. The van der Waals surface area contributed by atoms with Crippen molar-refractivity contribution in [2.75, 3.05) is 6.61 Å². The Morgan fingerprint density at radius 3 is 2.59 bits per heavy atom. The zero-order valence-electron chi connectivity index (χ0n) is 13.0. The van der Waals surface area contributed by atoms with Crippen LogP contribution in [0.25, 0.3) is 0 Å². The summed E-state index contributed by atoms with van der Waals surface area (Å²) in [5.74, 6) is 0.0115. The summed E-state index contributed by atoms with van der Waals surface area (Å²) >= 11 is 0. The van der Waals surface area contributed by atoms with Crippen LogP contribution in [0, 0.1) is 6.92 Å². The minimum absolute atomic E-state index is 0.0115. The van der Waals surface area contributed by atoms with Gasteiger partial charge in [-0.15, -0.1) is 0 Å². The maximum Gasteiger partial charge on any atom is 0.224 e. The summed E-state index contributed by atoms with van der Waals surface area (Å²) in [6.45, 7) is 2.16. The molecule has 116 valence electrons. The highest BCUT2D eigenvalue weighted by atomic mass is 16.3. The molecule has 0 spiro atoms. The molecule has 0 saturated carbocycles. The predicted molar refractivity (Wildman–Crippen MR) is 88.5 cm³/mol. The molecule has 2 rings (SSSR count). The summed E-state index contributed by atoms with van der Waals surface area (Å²) in [5.41, 5.74) is 3.25. The third-order valence-electron chi connectivity index (χ3n) is 3.64. The van der Waals surface area contributed by atoms with Crippen LogP contribution in [0.3, 0.4) is 0 Å². The summed E-state index contributed by atoms with van der Waals surface area (Å²) in [7, 11) is 0. The lowest BCUT2D eigenvalue weighted by atomic mass is 10.0. The molecule has 22 heavy (non-hydrogen) atoms. The number of carbonyl (C=O) groups excluding carboxylic acids is 1. The Kier molecular flexibility index (Phi) is 6.16. The number of hydrogen-bond donors (Lipinski definition) is 2. The summed E-state index contributed by atoms with van der Waals surface area (Å²) in [5, 5.41) is 12.1. The molecule has 0 aliphatic heterocycles. The average molecular weight is 297 g/mol. The van der Waals surface area contributed by atoms with Gasteiger partial charge in [0.05, 0.1) is 12.5 Å². The molecule has 2 N–H and O–H groups in total. The lowest BCUT2D eigenvalue weighted by Crippen LogP contribution is -2.30. The number of carbonyl (C=O) groups is 1. The van der Waals surface area contributed by atoms with Crippen LogP contribution in [0.5, 0.6) is 0 Å². The van der Waals surface area contributed by atoms with E-state index in [-0.39, 0.29) is 18.6 Å². The fourth-order valence-corrected chi connectivity index (χ4v) is 2.56. The van der Waals surface area contributed by atoms with Gasteiger partial charge in [-0.3, -0.25) is 4.79 Å².